The first-order valence-electron chi connectivity index (χ1n) is 7.02. The fraction of sp³-hybridized carbons (Fsp3) is 0.533. The van der Waals surface area contributed by atoms with Gasteiger partial charge in [-0.15, -0.1) is 0 Å². The molecular formula is C15H19N3O2. The fourth-order valence-electron chi connectivity index (χ4n) is 2.46. The second-order valence-corrected chi connectivity index (χ2v) is 5.03. The lowest BCUT2D eigenvalue weighted by molar-refractivity contribution is 0.0902. The minimum absolute atomic E-state index is 0.246. The Morgan fingerprint density at radius 1 is 1.45 bits per heavy atom. The first-order chi connectivity index (χ1) is 9.69. The van der Waals surface area contributed by atoms with E-state index in [1.54, 1.807) is 12.1 Å². The summed E-state index contributed by atoms with van der Waals surface area (Å²) in [5.74, 6) is 0.251. The van der Waals surface area contributed by atoms with Crippen LogP contribution in [0.5, 0.6) is 5.88 Å². The number of amides is 1. The number of aromatic nitrogens is 1. The van der Waals surface area contributed by atoms with Gasteiger partial charge in [0.15, 0.2) is 0 Å². The Hall–Kier alpha value is -2.09. The van der Waals surface area contributed by atoms with Gasteiger partial charge in [0.1, 0.15) is 5.54 Å². The number of nitrogens with zero attached hydrogens (tertiary/aromatic N) is 2. The molecule has 20 heavy (non-hydrogen) atoms. The van der Waals surface area contributed by atoms with Crippen LogP contribution < -0.4 is 10.1 Å². The van der Waals surface area contributed by atoms with E-state index >= 15 is 0 Å². The lowest BCUT2D eigenvalue weighted by atomic mass is 9.82. The molecule has 1 N–H and O–H groups in total. The van der Waals surface area contributed by atoms with Crippen molar-refractivity contribution in [2.75, 3.05) is 6.61 Å². The molecule has 1 heterocycles. The fourth-order valence-corrected chi connectivity index (χ4v) is 2.46. The summed E-state index contributed by atoms with van der Waals surface area (Å²) in [7, 11) is 0. The molecule has 1 amide bonds. The Morgan fingerprint density at radius 2 is 2.20 bits per heavy atom. The van der Waals surface area contributed by atoms with E-state index in [2.05, 4.69) is 16.4 Å². The minimum Gasteiger partial charge on any atom is -0.478 e. The molecule has 106 valence electrons. The van der Waals surface area contributed by atoms with Gasteiger partial charge in [0.05, 0.1) is 18.2 Å². The van der Waals surface area contributed by atoms with E-state index in [0.29, 0.717) is 18.1 Å². The highest BCUT2D eigenvalue weighted by molar-refractivity contribution is 5.94. The summed E-state index contributed by atoms with van der Waals surface area (Å²) >= 11 is 0. The Bertz CT molecular complexity index is 499. The SMILES string of the molecule is CCOc1ccc(C(=O)NC2(C#N)CCCCC2)cn1. The molecule has 5 nitrogen and oxygen atoms in total. The number of nitrogens with one attached hydrogen (secondary N) is 1. The van der Waals surface area contributed by atoms with Crippen LogP contribution in [0.15, 0.2) is 18.3 Å². The molecular weight excluding hydrogens is 254 g/mol. The average Bonchev–Trinajstić information content (AvgIpc) is 2.49. The molecule has 1 fully saturated rings. The summed E-state index contributed by atoms with van der Waals surface area (Å²) < 4.78 is 5.24. The molecule has 0 aliphatic heterocycles. The van der Waals surface area contributed by atoms with E-state index in [-0.39, 0.29) is 5.91 Å². The first-order valence-corrected chi connectivity index (χ1v) is 7.02. The van der Waals surface area contributed by atoms with Gasteiger partial charge in [-0.05, 0) is 25.8 Å². The van der Waals surface area contributed by atoms with Gasteiger partial charge in [0, 0.05) is 12.3 Å². The molecule has 2 rings (SSSR count). The largest absolute Gasteiger partial charge is 0.478 e. The number of hydrogen-bond acceptors (Lipinski definition) is 4. The lowest BCUT2D eigenvalue weighted by Gasteiger charge is -2.31. The predicted octanol–water partition coefficient (Wildman–Crippen LogP) is 2.44. The summed E-state index contributed by atoms with van der Waals surface area (Å²) in [5, 5.41) is 12.2. The predicted molar refractivity (Wildman–Crippen MR) is 74.3 cm³/mol. The zero-order valence-electron chi connectivity index (χ0n) is 11.7. The van der Waals surface area contributed by atoms with E-state index in [9.17, 15) is 10.1 Å². The van der Waals surface area contributed by atoms with Crippen LogP contribution >= 0.6 is 0 Å². The molecule has 5 heteroatoms. The summed E-state index contributed by atoms with van der Waals surface area (Å²) in [4.78, 5) is 16.3. The highest BCUT2D eigenvalue weighted by atomic mass is 16.5. The smallest absolute Gasteiger partial charge is 0.254 e. The summed E-state index contributed by atoms with van der Waals surface area (Å²) in [6.45, 7) is 2.41. The molecule has 0 spiro atoms. The van der Waals surface area contributed by atoms with Crippen LogP contribution in [-0.2, 0) is 0 Å². The Balaban J connectivity index is 2.05. The molecule has 1 aromatic heterocycles. The van der Waals surface area contributed by atoms with E-state index in [1.165, 1.54) is 6.20 Å². The van der Waals surface area contributed by atoms with Gasteiger partial charge in [-0.1, -0.05) is 19.3 Å². The monoisotopic (exact) mass is 273 g/mol. The molecule has 0 atom stereocenters. The third-order valence-electron chi connectivity index (χ3n) is 3.56. The Labute approximate surface area is 119 Å². The summed E-state index contributed by atoms with van der Waals surface area (Å²) in [6.07, 6.45) is 6.02. The first kappa shape index (κ1) is 14.3. The Morgan fingerprint density at radius 3 is 2.75 bits per heavy atom. The van der Waals surface area contributed by atoms with Crippen molar-refractivity contribution in [3.05, 3.63) is 23.9 Å². The zero-order chi connectivity index (χ0) is 14.4. The van der Waals surface area contributed by atoms with Crippen molar-refractivity contribution in [3.63, 3.8) is 0 Å². The standard InChI is InChI=1S/C15H19N3O2/c1-2-20-13-7-6-12(10-17-13)14(19)18-15(11-16)8-4-3-5-9-15/h6-7,10H,2-5,8-9H2,1H3,(H,18,19). The number of carbonyl (C=O) groups is 1. The molecule has 1 aliphatic rings. The van der Waals surface area contributed by atoms with Crippen molar-refractivity contribution in [2.24, 2.45) is 0 Å². The van der Waals surface area contributed by atoms with E-state index < -0.39 is 5.54 Å². The second kappa shape index (κ2) is 6.38. The molecule has 0 saturated heterocycles. The van der Waals surface area contributed by atoms with Gasteiger partial charge in [0.25, 0.3) is 5.91 Å². The van der Waals surface area contributed by atoms with E-state index in [4.69, 9.17) is 4.74 Å². The quantitative estimate of drug-likeness (QED) is 0.914. The number of ether oxygens (including phenoxy) is 1. The normalized spacial score (nSPS) is 17.0. The van der Waals surface area contributed by atoms with Crippen molar-refractivity contribution < 1.29 is 9.53 Å². The number of rotatable bonds is 4. The molecule has 1 saturated carbocycles. The van der Waals surface area contributed by atoms with Crippen LogP contribution in [0.3, 0.4) is 0 Å². The summed E-state index contributed by atoms with van der Waals surface area (Å²) in [6, 6.07) is 5.61. The van der Waals surface area contributed by atoms with Gasteiger partial charge < -0.3 is 10.1 Å². The van der Waals surface area contributed by atoms with Gasteiger partial charge in [0.2, 0.25) is 5.88 Å². The van der Waals surface area contributed by atoms with Gasteiger partial charge >= 0.3 is 0 Å². The van der Waals surface area contributed by atoms with Crippen LogP contribution in [-0.4, -0.2) is 23.0 Å². The van der Waals surface area contributed by atoms with Crippen LogP contribution in [0.4, 0.5) is 0 Å². The maximum Gasteiger partial charge on any atom is 0.254 e. The molecule has 1 aliphatic carbocycles. The number of hydrogen-bond donors (Lipinski definition) is 1. The third-order valence-corrected chi connectivity index (χ3v) is 3.56. The maximum atomic E-state index is 12.2. The average molecular weight is 273 g/mol. The van der Waals surface area contributed by atoms with Crippen LogP contribution in [0.1, 0.15) is 49.4 Å². The number of pyridine rings is 1. The Kier molecular flexibility index (Phi) is 4.57. The molecule has 1 aromatic rings. The van der Waals surface area contributed by atoms with Crippen LogP contribution in [0.25, 0.3) is 0 Å². The van der Waals surface area contributed by atoms with Crippen molar-refractivity contribution in [1.82, 2.24) is 10.3 Å². The van der Waals surface area contributed by atoms with E-state index in [1.807, 2.05) is 6.92 Å². The van der Waals surface area contributed by atoms with E-state index in [0.717, 1.165) is 32.1 Å². The van der Waals surface area contributed by atoms with Gasteiger partial charge in [-0.3, -0.25) is 4.79 Å². The van der Waals surface area contributed by atoms with Crippen molar-refractivity contribution in [3.8, 4) is 11.9 Å². The number of carbonyl (C=O) groups excluding carboxylic acids is 1. The third kappa shape index (κ3) is 3.27. The zero-order valence-corrected chi connectivity index (χ0v) is 11.7. The van der Waals surface area contributed by atoms with Gasteiger partial charge in [-0.25, -0.2) is 4.98 Å². The van der Waals surface area contributed by atoms with Crippen LogP contribution in [0, 0.1) is 11.3 Å². The summed E-state index contributed by atoms with van der Waals surface area (Å²) in [5.41, 5.74) is -0.262. The molecule has 0 unspecified atom stereocenters. The second-order valence-electron chi connectivity index (χ2n) is 5.03. The highest BCUT2D eigenvalue weighted by Crippen LogP contribution is 2.27. The molecule has 0 bridgehead atoms. The van der Waals surface area contributed by atoms with Crippen molar-refractivity contribution in [2.45, 2.75) is 44.6 Å². The molecule has 0 radical (unpaired) electrons. The van der Waals surface area contributed by atoms with Crippen molar-refractivity contribution >= 4 is 5.91 Å². The van der Waals surface area contributed by atoms with Crippen molar-refractivity contribution in [1.29, 1.82) is 5.26 Å². The topological polar surface area (TPSA) is 75.0 Å². The maximum absolute atomic E-state index is 12.2. The highest BCUT2D eigenvalue weighted by Gasteiger charge is 2.33. The number of nitriles is 1. The van der Waals surface area contributed by atoms with Crippen LogP contribution in [0.2, 0.25) is 0 Å². The molecule has 0 aromatic carbocycles. The lowest BCUT2D eigenvalue weighted by Crippen LogP contribution is -2.48. The minimum atomic E-state index is -0.714. The van der Waals surface area contributed by atoms with Gasteiger partial charge in [-0.2, -0.15) is 5.26 Å².